The minimum Gasteiger partial charge on any atom is -0.481 e. The van der Waals surface area contributed by atoms with Crippen LogP contribution in [0.25, 0.3) is 22.3 Å². The van der Waals surface area contributed by atoms with Gasteiger partial charge < -0.3 is 30.0 Å². The molecule has 0 bridgehead atoms. The number of amides is 2. The predicted octanol–water partition coefficient (Wildman–Crippen LogP) is 10.3. The molecule has 0 fully saturated rings. The van der Waals surface area contributed by atoms with Gasteiger partial charge in [0.2, 0.25) is 0 Å². The smallest absolute Gasteiger partial charge is 0.407 e. The van der Waals surface area contributed by atoms with Gasteiger partial charge in [-0.2, -0.15) is 0 Å². The van der Waals surface area contributed by atoms with Gasteiger partial charge >= 0.3 is 24.1 Å². The number of nitrogens with one attached hydrogen (secondary N) is 2. The Kier molecular flexibility index (Phi) is 18.0. The summed E-state index contributed by atoms with van der Waals surface area (Å²) in [5, 5.41) is 15.0. The normalized spacial score (nSPS) is 13.3. The van der Waals surface area contributed by atoms with Crippen LogP contribution in [-0.4, -0.2) is 59.1 Å². The molecule has 2 amide bonds. The van der Waals surface area contributed by atoms with Gasteiger partial charge in [0.05, 0.1) is 18.4 Å². The molecule has 4 atom stereocenters. The number of carboxylic acid groups (broad SMARTS) is 1. The highest BCUT2D eigenvalue weighted by atomic mass is 16.6. The van der Waals surface area contributed by atoms with Crippen molar-refractivity contribution in [2.45, 2.75) is 111 Å². The van der Waals surface area contributed by atoms with Gasteiger partial charge in [-0.1, -0.05) is 123 Å². The molecule has 0 aliphatic rings. The Hall–Kier alpha value is -5.64. The van der Waals surface area contributed by atoms with E-state index in [2.05, 4.69) is 59.2 Å². The number of carbonyl (C=O) groups is 4. The van der Waals surface area contributed by atoms with Crippen LogP contribution < -0.4 is 10.6 Å². The standard InChI is InChI=1S/C25H33NO4.C23H29NO4/c1-6-29-23(27)18(2)16-22(26-24(28)30-25(3,4)5)17-19-12-14-21(15-13-19)20-10-8-7-9-11-20;1-16(21(25)26)14-20(24-22(27)28-23(2,3)4)15-17-10-12-19(13-11-17)18-8-6-5-7-9-18/h7-15,18,22H,6,16-17H2,1-5H3,(H,26,28);5-13,16,20H,14-15H2,1-4H3,(H,24,27)(H,25,26)/t18-,22+;16-,20+/m11/s1. The van der Waals surface area contributed by atoms with Crippen LogP contribution in [0.3, 0.4) is 0 Å². The highest BCUT2D eigenvalue weighted by molar-refractivity contribution is 5.73. The zero-order valence-electron chi connectivity index (χ0n) is 35.5. The molecule has 4 aromatic carbocycles. The predicted molar refractivity (Wildman–Crippen MR) is 229 cm³/mol. The second-order valence-corrected chi connectivity index (χ2v) is 16.6. The maximum atomic E-state index is 12.3. The van der Waals surface area contributed by atoms with Gasteiger partial charge in [-0.3, -0.25) is 9.59 Å². The first-order valence-corrected chi connectivity index (χ1v) is 20.0. The summed E-state index contributed by atoms with van der Waals surface area (Å²) in [6.45, 7) is 16.5. The maximum absolute atomic E-state index is 12.3. The van der Waals surface area contributed by atoms with E-state index in [-0.39, 0.29) is 24.0 Å². The second kappa shape index (κ2) is 22.3. The number of aliphatic carboxylic acids is 1. The van der Waals surface area contributed by atoms with Crippen LogP contribution in [0.1, 0.15) is 86.3 Å². The summed E-state index contributed by atoms with van der Waals surface area (Å²) in [6.07, 6.45) is 0.915. The molecule has 0 unspecified atom stereocenters. The van der Waals surface area contributed by atoms with Crippen molar-refractivity contribution in [2.24, 2.45) is 11.8 Å². The molecule has 0 saturated heterocycles. The fourth-order valence-corrected chi connectivity index (χ4v) is 6.17. The SMILES string of the molecule is CCOC(=O)[C@H](C)C[C@@H](Cc1ccc(-c2ccccc2)cc1)NC(=O)OC(C)(C)C.C[C@H](C[C@@H](Cc1ccc(-c2ccccc2)cc1)NC(=O)OC(C)(C)C)C(=O)O. The Bertz CT molecular complexity index is 1870. The van der Waals surface area contributed by atoms with Crippen LogP contribution >= 0.6 is 0 Å². The number of benzene rings is 4. The van der Waals surface area contributed by atoms with Crippen LogP contribution in [0, 0.1) is 11.8 Å². The molecule has 10 nitrogen and oxygen atoms in total. The van der Waals surface area contributed by atoms with Gasteiger partial charge in [0.25, 0.3) is 0 Å². The van der Waals surface area contributed by atoms with Crippen LogP contribution in [-0.2, 0) is 36.6 Å². The Balaban J connectivity index is 0.000000311. The summed E-state index contributed by atoms with van der Waals surface area (Å²) in [6, 6.07) is 36.0. The van der Waals surface area contributed by atoms with E-state index in [1.807, 2.05) is 88.4 Å². The highest BCUT2D eigenvalue weighted by Crippen LogP contribution is 2.23. The molecule has 4 rings (SSSR count). The zero-order valence-corrected chi connectivity index (χ0v) is 35.5. The number of ether oxygens (including phenoxy) is 3. The van der Waals surface area contributed by atoms with Crippen molar-refractivity contribution in [3.63, 3.8) is 0 Å². The van der Waals surface area contributed by atoms with Crippen LogP contribution in [0.2, 0.25) is 0 Å². The monoisotopic (exact) mass is 794 g/mol. The molecule has 0 aromatic heterocycles. The van der Waals surface area contributed by atoms with E-state index in [9.17, 15) is 24.3 Å². The lowest BCUT2D eigenvalue weighted by Crippen LogP contribution is -2.41. The first-order valence-electron chi connectivity index (χ1n) is 20.0. The lowest BCUT2D eigenvalue weighted by molar-refractivity contribution is -0.147. The van der Waals surface area contributed by atoms with Gasteiger partial charge in [-0.25, -0.2) is 9.59 Å². The first kappa shape index (κ1) is 46.7. The summed E-state index contributed by atoms with van der Waals surface area (Å²) >= 11 is 0. The highest BCUT2D eigenvalue weighted by Gasteiger charge is 2.25. The van der Waals surface area contributed by atoms with Gasteiger partial charge in [-0.05, 0) is 108 Å². The number of alkyl carbamates (subject to hydrolysis) is 2. The Morgan fingerprint density at radius 3 is 1.22 bits per heavy atom. The minimum absolute atomic E-state index is 0.248. The van der Waals surface area contributed by atoms with Gasteiger partial charge in [0.15, 0.2) is 0 Å². The van der Waals surface area contributed by atoms with E-state index in [0.717, 1.165) is 33.4 Å². The molecule has 0 aliphatic carbocycles. The minimum atomic E-state index is -0.879. The van der Waals surface area contributed by atoms with Gasteiger partial charge in [0.1, 0.15) is 11.2 Å². The molecule has 0 radical (unpaired) electrons. The lowest BCUT2D eigenvalue weighted by atomic mass is 9.95. The molecule has 0 aliphatic heterocycles. The fourth-order valence-electron chi connectivity index (χ4n) is 6.17. The maximum Gasteiger partial charge on any atom is 0.407 e. The fraction of sp³-hybridized carbons (Fsp3) is 0.417. The summed E-state index contributed by atoms with van der Waals surface area (Å²) in [7, 11) is 0. The largest absolute Gasteiger partial charge is 0.481 e. The van der Waals surface area contributed by atoms with Crippen LogP contribution in [0.5, 0.6) is 0 Å². The number of carboxylic acids is 1. The quantitative estimate of drug-likeness (QED) is 0.0798. The van der Waals surface area contributed by atoms with Crippen molar-refractivity contribution < 1.29 is 38.5 Å². The third-order valence-electron chi connectivity index (χ3n) is 8.91. The van der Waals surface area contributed by atoms with Crippen molar-refractivity contribution >= 4 is 24.1 Å². The number of hydrogen-bond acceptors (Lipinski definition) is 7. The van der Waals surface area contributed by atoms with Gasteiger partial charge in [-0.15, -0.1) is 0 Å². The molecule has 10 heteroatoms. The topological polar surface area (TPSA) is 140 Å². The Morgan fingerprint density at radius 2 is 0.897 bits per heavy atom. The van der Waals surface area contributed by atoms with Crippen LogP contribution in [0.4, 0.5) is 9.59 Å². The van der Waals surface area contributed by atoms with E-state index >= 15 is 0 Å². The number of hydrogen-bond donors (Lipinski definition) is 3. The van der Waals surface area contributed by atoms with Crippen molar-refractivity contribution in [3.8, 4) is 22.3 Å². The lowest BCUT2D eigenvalue weighted by Gasteiger charge is -2.25. The first-order chi connectivity index (χ1) is 27.3. The van der Waals surface area contributed by atoms with E-state index in [1.165, 1.54) is 0 Å². The molecular formula is C48H62N2O8. The summed E-state index contributed by atoms with van der Waals surface area (Å²) in [5.74, 6) is -2.03. The Labute approximate surface area is 344 Å². The molecule has 312 valence electrons. The molecule has 3 N–H and O–H groups in total. The number of esters is 1. The third-order valence-corrected chi connectivity index (χ3v) is 8.91. The molecule has 0 saturated carbocycles. The Morgan fingerprint density at radius 1 is 0.552 bits per heavy atom. The number of rotatable bonds is 15. The second-order valence-electron chi connectivity index (χ2n) is 16.6. The zero-order chi connectivity index (χ0) is 42.9. The summed E-state index contributed by atoms with van der Waals surface area (Å²) < 4.78 is 15.9. The van der Waals surface area contributed by atoms with Gasteiger partial charge in [0, 0.05) is 12.1 Å². The van der Waals surface area contributed by atoms with Crippen LogP contribution in [0.15, 0.2) is 109 Å². The van der Waals surface area contributed by atoms with Crippen molar-refractivity contribution in [1.82, 2.24) is 10.6 Å². The third kappa shape index (κ3) is 17.7. The van der Waals surface area contributed by atoms with Crippen molar-refractivity contribution in [3.05, 3.63) is 120 Å². The number of carbonyl (C=O) groups excluding carboxylic acids is 3. The molecule has 0 spiro atoms. The van der Waals surface area contributed by atoms with Crippen molar-refractivity contribution in [1.29, 1.82) is 0 Å². The molecule has 0 heterocycles. The van der Waals surface area contributed by atoms with E-state index < -0.39 is 35.3 Å². The molecule has 4 aromatic rings. The molecular weight excluding hydrogens is 733 g/mol. The summed E-state index contributed by atoms with van der Waals surface area (Å²) in [4.78, 5) is 47.8. The van der Waals surface area contributed by atoms with Crippen molar-refractivity contribution in [2.75, 3.05) is 6.61 Å². The average Bonchev–Trinajstić information content (AvgIpc) is 3.15. The average molecular weight is 795 g/mol. The van der Waals surface area contributed by atoms with E-state index in [1.54, 1.807) is 34.6 Å². The molecule has 58 heavy (non-hydrogen) atoms. The summed E-state index contributed by atoms with van der Waals surface area (Å²) in [5.41, 5.74) is 5.45. The van der Waals surface area contributed by atoms with E-state index in [0.29, 0.717) is 32.3 Å². The van der Waals surface area contributed by atoms with E-state index in [4.69, 9.17) is 14.2 Å².